The van der Waals surface area contributed by atoms with Crippen LogP contribution in [0.25, 0.3) is 0 Å². The molecule has 0 spiro atoms. The summed E-state index contributed by atoms with van der Waals surface area (Å²) in [7, 11) is 0. The van der Waals surface area contributed by atoms with Crippen molar-refractivity contribution in [2.24, 2.45) is 21.1 Å². The van der Waals surface area contributed by atoms with E-state index in [0.717, 1.165) is 11.1 Å². The highest BCUT2D eigenvalue weighted by atomic mass is 16.8. The first-order valence-electron chi connectivity index (χ1n) is 10.0. The summed E-state index contributed by atoms with van der Waals surface area (Å²) in [4.78, 5) is 22.2. The summed E-state index contributed by atoms with van der Waals surface area (Å²) >= 11 is 0. The van der Waals surface area contributed by atoms with Crippen LogP contribution in [0, 0.1) is 33.5 Å². The van der Waals surface area contributed by atoms with E-state index in [9.17, 15) is 4.79 Å². The average Bonchev–Trinajstić information content (AvgIpc) is 2.73. The number of nitrogens with zero attached hydrogens (tertiary/aromatic N) is 4. The maximum absolute atomic E-state index is 12.2. The molecular formula is C25H26N4O3. The lowest BCUT2D eigenvalue weighted by atomic mass is 9.85. The fraction of sp³-hybridized carbons (Fsp3) is 0.320. The second-order valence-electron chi connectivity index (χ2n) is 9.19. The molecule has 2 aromatic carbocycles. The fourth-order valence-corrected chi connectivity index (χ4v) is 2.83. The van der Waals surface area contributed by atoms with Crippen LogP contribution in [0.15, 0.2) is 58.8 Å². The van der Waals surface area contributed by atoms with Gasteiger partial charge in [-0.15, -0.1) is 0 Å². The SMILES string of the molecule is CC(C)(C)/C(=N\OC(=O)O/N=C(/c1ccc(C#N)cc1)C(C)(C)C)c1ccc(C#N)cc1. The molecule has 0 aliphatic rings. The predicted molar refractivity (Wildman–Crippen MR) is 122 cm³/mol. The highest BCUT2D eigenvalue weighted by molar-refractivity contribution is 6.04. The second-order valence-corrected chi connectivity index (χ2v) is 9.19. The molecule has 0 saturated carbocycles. The van der Waals surface area contributed by atoms with Gasteiger partial charge in [-0.1, -0.05) is 76.1 Å². The molecule has 0 saturated heterocycles. The molecule has 0 aromatic heterocycles. The Balaban J connectivity index is 2.24. The van der Waals surface area contributed by atoms with Crippen LogP contribution < -0.4 is 0 Å². The molecule has 0 amide bonds. The minimum Gasteiger partial charge on any atom is -0.280 e. The quantitative estimate of drug-likeness (QED) is 0.347. The van der Waals surface area contributed by atoms with Crippen LogP contribution in [-0.2, 0) is 9.68 Å². The van der Waals surface area contributed by atoms with Crippen LogP contribution in [0.3, 0.4) is 0 Å². The highest BCUT2D eigenvalue weighted by Gasteiger charge is 2.24. The van der Waals surface area contributed by atoms with Gasteiger partial charge < -0.3 is 0 Å². The number of nitriles is 2. The zero-order valence-electron chi connectivity index (χ0n) is 19.1. The van der Waals surface area contributed by atoms with E-state index in [0.29, 0.717) is 22.6 Å². The third kappa shape index (κ3) is 6.52. The Labute approximate surface area is 188 Å². The Hall–Kier alpha value is -3.97. The summed E-state index contributed by atoms with van der Waals surface area (Å²) in [6.07, 6.45) is -1.07. The molecule has 2 aromatic rings. The van der Waals surface area contributed by atoms with Gasteiger partial charge in [-0.05, 0) is 35.4 Å². The standard InChI is InChI=1S/C25H26N4O3/c1-24(2,3)21(19-11-7-17(15-26)8-12-19)28-31-23(30)32-29-22(25(4,5)6)20-13-9-18(16-27)10-14-20/h7-14H,1-6H3/b28-21-,29-22-. The molecule has 0 aliphatic carbocycles. The number of benzene rings is 2. The van der Waals surface area contributed by atoms with E-state index in [1.165, 1.54) is 0 Å². The van der Waals surface area contributed by atoms with Gasteiger partial charge in [0.05, 0.1) is 34.7 Å². The normalized spacial score (nSPS) is 12.5. The van der Waals surface area contributed by atoms with Gasteiger partial charge in [0.15, 0.2) is 0 Å². The zero-order chi connectivity index (χ0) is 23.9. The molecular weight excluding hydrogens is 404 g/mol. The van der Waals surface area contributed by atoms with Gasteiger partial charge in [0.1, 0.15) is 0 Å². The van der Waals surface area contributed by atoms with Crippen molar-refractivity contribution in [3.63, 3.8) is 0 Å². The third-order valence-corrected chi connectivity index (χ3v) is 4.42. The molecule has 0 aliphatic heterocycles. The van der Waals surface area contributed by atoms with Crippen molar-refractivity contribution in [3.05, 3.63) is 70.8 Å². The molecule has 0 atom stereocenters. The average molecular weight is 431 g/mol. The van der Waals surface area contributed by atoms with Crippen molar-refractivity contribution in [3.8, 4) is 12.1 Å². The topological polar surface area (TPSA) is 108 Å². The van der Waals surface area contributed by atoms with Crippen LogP contribution in [0.2, 0.25) is 0 Å². The summed E-state index contributed by atoms with van der Waals surface area (Å²) in [5.41, 5.74) is 2.66. The van der Waals surface area contributed by atoms with Gasteiger partial charge in [-0.2, -0.15) is 15.3 Å². The summed E-state index contributed by atoms with van der Waals surface area (Å²) < 4.78 is 0. The van der Waals surface area contributed by atoms with E-state index in [1.807, 2.05) is 41.5 Å². The third-order valence-electron chi connectivity index (χ3n) is 4.42. The molecule has 164 valence electrons. The van der Waals surface area contributed by atoms with Crippen LogP contribution in [0.4, 0.5) is 4.79 Å². The number of carbonyl (C=O) groups excluding carboxylic acids is 1. The minimum atomic E-state index is -1.07. The Bertz CT molecular complexity index is 1010. The summed E-state index contributed by atoms with van der Waals surface area (Å²) in [6, 6.07) is 17.8. The fourth-order valence-electron chi connectivity index (χ4n) is 2.83. The Morgan fingerprint density at radius 1 is 0.688 bits per heavy atom. The largest absolute Gasteiger partial charge is 0.562 e. The molecule has 0 N–H and O–H groups in total. The zero-order valence-corrected chi connectivity index (χ0v) is 19.1. The summed E-state index contributed by atoms with van der Waals surface area (Å²) in [5, 5.41) is 26.0. The van der Waals surface area contributed by atoms with Gasteiger partial charge in [0.25, 0.3) is 0 Å². The van der Waals surface area contributed by atoms with E-state index in [4.69, 9.17) is 20.2 Å². The van der Waals surface area contributed by atoms with E-state index >= 15 is 0 Å². The minimum absolute atomic E-state index is 0.434. The first-order chi connectivity index (χ1) is 15.0. The van der Waals surface area contributed by atoms with E-state index in [2.05, 4.69) is 22.4 Å². The second kappa shape index (κ2) is 9.89. The number of oxime groups is 2. The lowest BCUT2D eigenvalue weighted by molar-refractivity contribution is 0.0584. The number of hydrogen-bond donors (Lipinski definition) is 0. The summed E-state index contributed by atoms with van der Waals surface area (Å²) in [6.45, 7) is 11.6. The number of carbonyl (C=O) groups is 1. The van der Waals surface area contributed by atoms with Crippen molar-refractivity contribution < 1.29 is 14.5 Å². The van der Waals surface area contributed by atoms with Gasteiger partial charge >= 0.3 is 6.16 Å². The van der Waals surface area contributed by atoms with Crippen LogP contribution in [0.1, 0.15) is 63.8 Å². The lowest BCUT2D eigenvalue weighted by Crippen LogP contribution is -2.23. The molecule has 2 rings (SSSR count). The van der Waals surface area contributed by atoms with Gasteiger partial charge in [-0.3, -0.25) is 9.68 Å². The maximum Gasteiger partial charge on any atom is 0.562 e. The Kier molecular flexibility index (Phi) is 7.51. The molecule has 7 heteroatoms. The Morgan fingerprint density at radius 2 is 1.00 bits per heavy atom. The predicted octanol–water partition coefficient (Wildman–Crippen LogP) is 5.78. The van der Waals surface area contributed by atoms with Crippen molar-refractivity contribution in [2.45, 2.75) is 41.5 Å². The van der Waals surface area contributed by atoms with Crippen LogP contribution in [-0.4, -0.2) is 17.6 Å². The van der Waals surface area contributed by atoms with Gasteiger partial charge in [0, 0.05) is 10.8 Å². The number of rotatable bonds is 4. The van der Waals surface area contributed by atoms with Crippen molar-refractivity contribution >= 4 is 17.6 Å². The maximum atomic E-state index is 12.2. The van der Waals surface area contributed by atoms with E-state index in [1.54, 1.807) is 48.5 Å². The molecule has 0 fully saturated rings. The summed E-state index contributed by atoms with van der Waals surface area (Å²) in [5.74, 6) is 0. The van der Waals surface area contributed by atoms with E-state index < -0.39 is 17.0 Å². The van der Waals surface area contributed by atoms with Crippen molar-refractivity contribution in [2.75, 3.05) is 0 Å². The number of hydrogen-bond acceptors (Lipinski definition) is 7. The lowest BCUT2D eigenvalue weighted by Gasteiger charge is -2.21. The molecule has 32 heavy (non-hydrogen) atoms. The van der Waals surface area contributed by atoms with Crippen molar-refractivity contribution in [1.29, 1.82) is 10.5 Å². The molecule has 0 bridgehead atoms. The van der Waals surface area contributed by atoms with Crippen LogP contribution in [0.5, 0.6) is 0 Å². The first-order valence-corrected chi connectivity index (χ1v) is 10.0. The molecule has 7 nitrogen and oxygen atoms in total. The van der Waals surface area contributed by atoms with Gasteiger partial charge in [-0.25, -0.2) is 0 Å². The van der Waals surface area contributed by atoms with Gasteiger partial charge in [0.2, 0.25) is 0 Å². The smallest absolute Gasteiger partial charge is 0.280 e. The monoisotopic (exact) mass is 430 g/mol. The first kappa shape index (κ1) is 24.3. The molecule has 0 radical (unpaired) electrons. The molecule has 0 unspecified atom stereocenters. The Morgan fingerprint density at radius 3 is 1.25 bits per heavy atom. The van der Waals surface area contributed by atoms with Crippen LogP contribution >= 0.6 is 0 Å². The molecule has 0 heterocycles. The van der Waals surface area contributed by atoms with E-state index in [-0.39, 0.29) is 0 Å². The van der Waals surface area contributed by atoms with Crippen molar-refractivity contribution in [1.82, 2.24) is 0 Å². The highest BCUT2D eigenvalue weighted by Crippen LogP contribution is 2.24.